The van der Waals surface area contributed by atoms with Gasteiger partial charge in [0.15, 0.2) is 0 Å². The van der Waals surface area contributed by atoms with Gasteiger partial charge in [0.2, 0.25) is 5.91 Å². The number of hydrogen-bond donors (Lipinski definition) is 1. The second-order valence-corrected chi connectivity index (χ2v) is 11.9. The summed E-state index contributed by atoms with van der Waals surface area (Å²) in [6.45, 7) is 8.28. The normalized spacial score (nSPS) is 14.0. The highest BCUT2D eigenvalue weighted by Crippen LogP contribution is 2.26. The van der Waals surface area contributed by atoms with E-state index in [0.717, 1.165) is 29.8 Å². The molecule has 0 unspecified atom stereocenters. The number of sulfonamides is 1. The van der Waals surface area contributed by atoms with Crippen molar-refractivity contribution in [2.75, 3.05) is 28.8 Å². The largest absolute Gasteiger partial charge is 0.372 e. The number of aryl methyl sites for hydroxylation is 1. The van der Waals surface area contributed by atoms with Crippen molar-refractivity contribution in [1.29, 1.82) is 0 Å². The van der Waals surface area contributed by atoms with E-state index < -0.39 is 10.0 Å². The molecule has 3 aromatic carbocycles. The summed E-state index contributed by atoms with van der Waals surface area (Å²) in [6, 6.07) is 22.3. The molecule has 0 aromatic heterocycles. The SMILES string of the molecule is Cc1ccc(S(=O)(=O)N(CC(=O)NCc2ccc(N3CCCCC3)cc2)c2ccc(C(C)C)cc2)cc1. The van der Waals surface area contributed by atoms with Crippen molar-refractivity contribution in [1.82, 2.24) is 5.32 Å². The molecule has 37 heavy (non-hydrogen) atoms. The smallest absolute Gasteiger partial charge is 0.264 e. The van der Waals surface area contributed by atoms with Crippen LogP contribution < -0.4 is 14.5 Å². The Morgan fingerprint density at radius 1 is 0.892 bits per heavy atom. The lowest BCUT2D eigenvalue weighted by Gasteiger charge is -2.28. The van der Waals surface area contributed by atoms with Crippen molar-refractivity contribution in [2.45, 2.75) is 57.4 Å². The molecule has 1 saturated heterocycles. The van der Waals surface area contributed by atoms with Crippen LogP contribution in [0.2, 0.25) is 0 Å². The first-order valence-electron chi connectivity index (χ1n) is 13.0. The summed E-state index contributed by atoms with van der Waals surface area (Å²) in [5.74, 6) is -0.0375. The molecule has 6 nitrogen and oxygen atoms in total. The van der Waals surface area contributed by atoms with E-state index in [2.05, 4.69) is 36.2 Å². The predicted molar refractivity (Wildman–Crippen MR) is 151 cm³/mol. The van der Waals surface area contributed by atoms with Crippen LogP contribution in [0.25, 0.3) is 0 Å². The number of carbonyl (C=O) groups excluding carboxylic acids is 1. The molecule has 3 aromatic rings. The van der Waals surface area contributed by atoms with Crippen molar-refractivity contribution >= 4 is 27.3 Å². The Labute approximate surface area is 221 Å². The van der Waals surface area contributed by atoms with E-state index in [1.54, 1.807) is 36.4 Å². The molecule has 0 radical (unpaired) electrons. The Balaban J connectivity index is 1.48. The molecule has 1 aliphatic rings. The maximum absolute atomic E-state index is 13.6. The molecule has 1 amide bonds. The first-order chi connectivity index (χ1) is 17.7. The van der Waals surface area contributed by atoms with Crippen molar-refractivity contribution in [3.63, 3.8) is 0 Å². The van der Waals surface area contributed by atoms with Crippen molar-refractivity contribution in [3.05, 3.63) is 89.5 Å². The zero-order valence-electron chi connectivity index (χ0n) is 22.0. The van der Waals surface area contributed by atoms with Gasteiger partial charge in [0.1, 0.15) is 6.54 Å². The molecule has 1 aliphatic heterocycles. The van der Waals surface area contributed by atoms with Gasteiger partial charge in [-0.1, -0.05) is 55.8 Å². The third kappa shape index (κ3) is 6.72. The second kappa shape index (κ2) is 11.8. The Bertz CT molecular complexity index is 1280. The zero-order valence-corrected chi connectivity index (χ0v) is 22.8. The Morgan fingerprint density at radius 3 is 2.11 bits per heavy atom. The van der Waals surface area contributed by atoms with Crippen LogP contribution in [-0.4, -0.2) is 34.0 Å². The first kappa shape index (κ1) is 26.7. The number of carbonyl (C=O) groups is 1. The first-order valence-corrected chi connectivity index (χ1v) is 14.5. The Kier molecular flexibility index (Phi) is 8.54. The number of nitrogens with one attached hydrogen (secondary N) is 1. The Hall–Kier alpha value is -3.32. The van der Waals surface area contributed by atoms with Crippen LogP contribution in [0.4, 0.5) is 11.4 Å². The number of rotatable bonds is 9. The average molecular weight is 520 g/mol. The van der Waals surface area contributed by atoms with Gasteiger partial charge < -0.3 is 10.2 Å². The lowest BCUT2D eigenvalue weighted by Crippen LogP contribution is -2.40. The summed E-state index contributed by atoms with van der Waals surface area (Å²) in [6.07, 6.45) is 3.74. The lowest BCUT2D eigenvalue weighted by atomic mass is 10.0. The van der Waals surface area contributed by atoms with Crippen molar-refractivity contribution in [2.24, 2.45) is 0 Å². The molecular weight excluding hydrogens is 482 g/mol. The zero-order chi connectivity index (χ0) is 26.4. The van der Waals surface area contributed by atoms with Crippen LogP contribution in [0, 0.1) is 6.92 Å². The third-order valence-corrected chi connectivity index (χ3v) is 8.68. The van der Waals surface area contributed by atoms with Crippen molar-refractivity contribution < 1.29 is 13.2 Å². The minimum absolute atomic E-state index is 0.159. The molecular formula is C30H37N3O3S. The van der Waals surface area contributed by atoms with Crippen LogP contribution >= 0.6 is 0 Å². The number of piperidine rings is 1. The van der Waals surface area contributed by atoms with Gasteiger partial charge in [-0.15, -0.1) is 0 Å². The van der Waals surface area contributed by atoms with E-state index in [4.69, 9.17) is 0 Å². The van der Waals surface area contributed by atoms with E-state index >= 15 is 0 Å². The topological polar surface area (TPSA) is 69.7 Å². The highest BCUT2D eigenvalue weighted by atomic mass is 32.2. The standard InChI is InChI=1S/C30H37N3O3S/c1-23(2)26-11-15-28(16-12-26)33(37(35,36)29-17-7-24(3)8-18-29)22-30(34)31-21-25-9-13-27(14-10-25)32-19-5-4-6-20-32/h7-18,23H,4-6,19-22H2,1-3H3,(H,31,34). The molecule has 1 heterocycles. The van der Waals surface area contributed by atoms with Gasteiger partial charge in [-0.25, -0.2) is 8.42 Å². The summed E-state index contributed by atoms with van der Waals surface area (Å²) >= 11 is 0. The molecule has 0 atom stereocenters. The van der Waals surface area contributed by atoms with Gasteiger partial charge in [-0.2, -0.15) is 0 Å². The van der Waals surface area contributed by atoms with Crippen LogP contribution in [-0.2, 0) is 21.4 Å². The van der Waals surface area contributed by atoms with E-state index in [9.17, 15) is 13.2 Å². The molecule has 0 spiro atoms. The van der Waals surface area contributed by atoms with Crippen LogP contribution in [0.15, 0.2) is 77.7 Å². The fourth-order valence-corrected chi connectivity index (χ4v) is 5.96. The van der Waals surface area contributed by atoms with Crippen LogP contribution in [0.5, 0.6) is 0 Å². The van der Waals surface area contributed by atoms with Gasteiger partial charge >= 0.3 is 0 Å². The molecule has 0 aliphatic carbocycles. The number of nitrogens with zero attached hydrogens (tertiary/aromatic N) is 2. The number of amides is 1. The minimum atomic E-state index is -3.93. The highest BCUT2D eigenvalue weighted by molar-refractivity contribution is 7.92. The highest BCUT2D eigenvalue weighted by Gasteiger charge is 2.27. The number of anilines is 2. The van der Waals surface area contributed by atoms with E-state index in [0.29, 0.717) is 18.2 Å². The summed E-state index contributed by atoms with van der Waals surface area (Å²) in [4.78, 5) is 15.5. The molecule has 7 heteroatoms. The summed E-state index contributed by atoms with van der Waals surface area (Å²) in [5.41, 5.74) is 4.72. The number of benzene rings is 3. The maximum atomic E-state index is 13.6. The summed E-state index contributed by atoms with van der Waals surface area (Å²) < 4.78 is 28.4. The fourth-order valence-electron chi connectivity index (χ4n) is 4.54. The van der Waals surface area contributed by atoms with Gasteiger partial charge in [0.05, 0.1) is 10.6 Å². The molecule has 0 bridgehead atoms. The second-order valence-electron chi connectivity index (χ2n) is 10.1. The van der Waals surface area contributed by atoms with E-state index in [1.807, 2.05) is 31.2 Å². The summed E-state index contributed by atoms with van der Waals surface area (Å²) in [7, 11) is -3.93. The molecule has 1 fully saturated rings. The molecule has 196 valence electrons. The van der Waals surface area contributed by atoms with Gasteiger partial charge in [0.25, 0.3) is 10.0 Å². The Morgan fingerprint density at radius 2 is 1.51 bits per heavy atom. The third-order valence-electron chi connectivity index (χ3n) is 6.89. The monoisotopic (exact) mass is 519 g/mol. The minimum Gasteiger partial charge on any atom is -0.372 e. The summed E-state index contributed by atoms with van der Waals surface area (Å²) in [5, 5.41) is 2.90. The van der Waals surface area contributed by atoms with Gasteiger partial charge in [-0.05, 0) is 79.6 Å². The average Bonchev–Trinajstić information content (AvgIpc) is 2.91. The fraction of sp³-hybridized carbons (Fsp3) is 0.367. The van der Waals surface area contributed by atoms with Crippen LogP contribution in [0.3, 0.4) is 0 Å². The molecule has 0 saturated carbocycles. The number of hydrogen-bond acceptors (Lipinski definition) is 4. The van der Waals surface area contributed by atoms with Crippen molar-refractivity contribution in [3.8, 4) is 0 Å². The van der Waals surface area contributed by atoms with Gasteiger partial charge in [-0.3, -0.25) is 9.10 Å². The quantitative estimate of drug-likeness (QED) is 0.398. The molecule has 4 rings (SSSR count). The lowest BCUT2D eigenvalue weighted by molar-refractivity contribution is -0.119. The van der Waals surface area contributed by atoms with Crippen LogP contribution in [0.1, 0.15) is 55.7 Å². The van der Waals surface area contributed by atoms with E-state index in [-0.39, 0.29) is 17.3 Å². The van der Waals surface area contributed by atoms with Gasteiger partial charge in [0, 0.05) is 25.3 Å². The van der Waals surface area contributed by atoms with E-state index in [1.165, 1.54) is 29.3 Å². The maximum Gasteiger partial charge on any atom is 0.264 e. The molecule has 1 N–H and O–H groups in total. The predicted octanol–water partition coefficient (Wildman–Crippen LogP) is 5.62.